The van der Waals surface area contributed by atoms with Crippen LogP contribution in [0.25, 0.3) is 11.4 Å². The van der Waals surface area contributed by atoms with Crippen molar-refractivity contribution in [3.63, 3.8) is 0 Å². The number of hydrogen-bond donors (Lipinski definition) is 2. The van der Waals surface area contributed by atoms with E-state index in [0.29, 0.717) is 11.9 Å². The summed E-state index contributed by atoms with van der Waals surface area (Å²) in [5.41, 5.74) is 5.02. The van der Waals surface area contributed by atoms with E-state index in [4.69, 9.17) is 10.1 Å². The van der Waals surface area contributed by atoms with Crippen LogP contribution in [0.3, 0.4) is 0 Å². The fourth-order valence-electron chi connectivity index (χ4n) is 5.07. The van der Waals surface area contributed by atoms with E-state index in [1.807, 2.05) is 26.0 Å². The zero-order chi connectivity index (χ0) is 23.1. The minimum absolute atomic E-state index is 0.312. The van der Waals surface area contributed by atoms with Gasteiger partial charge in [0.05, 0.1) is 0 Å². The normalized spacial score (nSPS) is 16.5. The van der Waals surface area contributed by atoms with E-state index < -0.39 is 0 Å². The van der Waals surface area contributed by atoms with Crippen molar-refractivity contribution in [1.82, 2.24) is 29.6 Å². The van der Waals surface area contributed by atoms with Crippen molar-refractivity contribution >= 4 is 17.6 Å². The van der Waals surface area contributed by atoms with Crippen molar-refractivity contribution < 1.29 is 0 Å². The highest BCUT2D eigenvalue weighted by molar-refractivity contribution is 5.77. The topological polar surface area (TPSA) is 83.8 Å². The molecule has 0 saturated carbocycles. The van der Waals surface area contributed by atoms with Crippen LogP contribution in [-0.2, 0) is 12.2 Å². The minimum atomic E-state index is -0.312. The average molecular weight is 453 g/mol. The third-order valence-corrected chi connectivity index (χ3v) is 6.69. The number of fused-ring (bicyclic) bond motifs is 4. The molecule has 1 spiro atoms. The van der Waals surface area contributed by atoms with Gasteiger partial charge in [0.2, 0.25) is 11.9 Å². The fraction of sp³-hybridized carbons (Fsp3) is 0.308. The lowest BCUT2D eigenvalue weighted by Crippen LogP contribution is -2.52. The number of anilines is 3. The van der Waals surface area contributed by atoms with Gasteiger partial charge in [0, 0.05) is 55.1 Å². The Morgan fingerprint density at radius 3 is 2.35 bits per heavy atom. The molecule has 1 fully saturated rings. The van der Waals surface area contributed by atoms with Gasteiger partial charge in [0.25, 0.3) is 0 Å². The maximum atomic E-state index is 4.92. The third kappa shape index (κ3) is 3.80. The molecule has 8 nitrogen and oxygen atoms in total. The summed E-state index contributed by atoms with van der Waals surface area (Å²) in [6.45, 7) is 6.85. The highest BCUT2D eigenvalue weighted by atomic mass is 15.5. The predicted octanol–water partition coefficient (Wildman–Crippen LogP) is 4.47. The van der Waals surface area contributed by atoms with Crippen LogP contribution < -0.4 is 10.6 Å². The fourth-order valence-corrected chi connectivity index (χ4v) is 5.07. The third-order valence-electron chi connectivity index (χ3n) is 6.69. The van der Waals surface area contributed by atoms with Gasteiger partial charge >= 0.3 is 0 Å². The molecule has 2 aromatic carbocycles. The molecule has 34 heavy (non-hydrogen) atoms. The molecule has 0 radical (unpaired) electrons. The Balaban J connectivity index is 1.31. The first-order chi connectivity index (χ1) is 16.6. The number of nitrogens with one attached hydrogen (secondary N) is 2. The summed E-state index contributed by atoms with van der Waals surface area (Å²) in [5, 5.41) is 12.0. The zero-order valence-corrected chi connectivity index (χ0v) is 19.5. The Morgan fingerprint density at radius 2 is 1.59 bits per heavy atom. The molecular formula is C26H28N8. The lowest BCUT2D eigenvalue weighted by molar-refractivity contribution is 0.115. The monoisotopic (exact) mass is 452 g/mol. The van der Waals surface area contributed by atoms with Crippen molar-refractivity contribution in [3.05, 3.63) is 77.6 Å². The molecule has 2 aliphatic heterocycles. The van der Waals surface area contributed by atoms with Gasteiger partial charge in [-0.25, -0.2) is 14.6 Å². The van der Waals surface area contributed by atoms with Crippen LogP contribution in [0.15, 0.2) is 60.7 Å². The maximum Gasteiger partial charge on any atom is 0.249 e. The second-order valence-electron chi connectivity index (χ2n) is 9.23. The lowest BCUT2D eigenvalue weighted by atomic mass is 9.92. The average Bonchev–Trinajstić information content (AvgIpc) is 3.26. The van der Waals surface area contributed by atoms with Crippen molar-refractivity contribution in [2.75, 3.05) is 23.7 Å². The van der Waals surface area contributed by atoms with Crippen molar-refractivity contribution in [2.45, 2.75) is 38.9 Å². The minimum Gasteiger partial charge on any atom is -0.360 e. The smallest absolute Gasteiger partial charge is 0.249 e. The standard InChI is InChI=1S/C26H28N8/c1-18-16-19(2)28-24(27-18)30-25-29-23-21-10-6-7-11-22(21)31-26(34(23)32-25)12-14-33(15-13-26)17-20-8-4-3-5-9-20/h3-11,16,31H,12-15,17H2,1-2H3,(H,27,28,30,32). The van der Waals surface area contributed by atoms with Gasteiger partial charge in [-0.15, -0.1) is 5.10 Å². The summed E-state index contributed by atoms with van der Waals surface area (Å²) in [7, 11) is 0. The van der Waals surface area contributed by atoms with Crippen LogP contribution in [0.5, 0.6) is 0 Å². The number of hydrogen-bond acceptors (Lipinski definition) is 7. The van der Waals surface area contributed by atoms with Gasteiger partial charge in [-0.05, 0) is 37.6 Å². The molecule has 1 saturated heterocycles. The second kappa shape index (κ2) is 8.22. The van der Waals surface area contributed by atoms with Crippen LogP contribution in [-0.4, -0.2) is 42.7 Å². The molecule has 8 heteroatoms. The number of aryl methyl sites for hydroxylation is 2. The summed E-state index contributed by atoms with van der Waals surface area (Å²) in [4.78, 5) is 16.4. The molecule has 0 atom stereocenters. The summed E-state index contributed by atoms with van der Waals surface area (Å²) < 4.78 is 2.08. The first-order valence-corrected chi connectivity index (χ1v) is 11.8. The summed E-state index contributed by atoms with van der Waals surface area (Å²) in [6, 6.07) is 21.0. The van der Waals surface area contributed by atoms with E-state index in [2.05, 4.69) is 78.7 Å². The second-order valence-corrected chi connectivity index (χ2v) is 9.23. The molecule has 6 rings (SSSR count). The number of piperidine rings is 1. The number of nitrogens with zero attached hydrogens (tertiary/aromatic N) is 6. The first kappa shape index (κ1) is 20.8. The molecule has 172 valence electrons. The molecule has 2 N–H and O–H groups in total. The zero-order valence-electron chi connectivity index (χ0n) is 19.5. The molecule has 2 aromatic heterocycles. The highest BCUT2D eigenvalue weighted by Crippen LogP contribution is 2.42. The van der Waals surface area contributed by atoms with E-state index in [1.54, 1.807) is 0 Å². The number of benzene rings is 2. The molecular weight excluding hydrogens is 424 g/mol. The van der Waals surface area contributed by atoms with Crippen LogP contribution in [0.1, 0.15) is 29.8 Å². The SMILES string of the molecule is Cc1cc(C)nc(Nc2nc3n(n2)C2(CCN(Cc4ccccc4)CC2)Nc2ccccc2-3)n1. The van der Waals surface area contributed by atoms with Crippen molar-refractivity contribution in [3.8, 4) is 11.4 Å². The summed E-state index contributed by atoms with van der Waals surface area (Å²) >= 11 is 0. The molecule has 4 heterocycles. The highest BCUT2D eigenvalue weighted by Gasteiger charge is 2.43. The van der Waals surface area contributed by atoms with Crippen molar-refractivity contribution in [2.24, 2.45) is 0 Å². The largest absolute Gasteiger partial charge is 0.360 e. The first-order valence-electron chi connectivity index (χ1n) is 11.8. The van der Waals surface area contributed by atoms with Crippen LogP contribution in [0, 0.1) is 13.8 Å². The van der Waals surface area contributed by atoms with E-state index in [1.165, 1.54) is 5.56 Å². The predicted molar refractivity (Wildman–Crippen MR) is 133 cm³/mol. The quantitative estimate of drug-likeness (QED) is 0.473. The number of rotatable bonds is 4. The maximum absolute atomic E-state index is 4.92. The Kier molecular flexibility index (Phi) is 5.03. The Bertz CT molecular complexity index is 1300. The van der Waals surface area contributed by atoms with Gasteiger partial charge in [0.1, 0.15) is 5.66 Å². The van der Waals surface area contributed by atoms with E-state index in [0.717, 1.165) is 60.9 Å². The van der Waals surface area contributed by atoms with Gasteiger partial charge < -0.3 is 5.32 Å². The van der Waals surface area contributed by atoms with Gasteiger partial charge in [-0.3, -0.25) is 10.2 Å². The van der Waals surface area contributed by atoms with Crippen molar-refractivity contribution in [1.29, 1.82) is 0 Å². The van der Waals surface area contributed by atoms with Gasteiger partial charge in [-0.2, -0.15) is 4.98 Å². The van der Waals surface area contributed by atoms with E-state index >= 15 is 0 Å². The number of para-hydroxylation sites is 1. The molecule has 2 aliphatic rings. The van der Waals surface area contributed by atoms with Gasteiger partial charge in [-0.1, -0.05) is 42.5 Å². The van der Waals surface area contributed by atoms with E-state index in [-0.39, 0.29) is 5.66 Å². The molecule has 0 aliphatic carbocycles. The number of likely N-dealkylation sites (tertiary alicyclic amines) is 1. The Morgan fingerprint density at radius 1 is 0.882 bits per heavy atom. The van der Waals surface area contributed by atoms with Crippen LogP contribution in [0.4, 0.5) is 17.6 Å². The lowest BCUT2D eigenvalue weighted by Gasteiger charge is -2.45. The van der Waals surface area contributed by atoms with Gasteiger partial charge in [0.15, 0.2) is 5.82 Å². The molecule has 0 unspecified atom stereocenters. The Hall–Kier alpha value is -3.78. The van der Waals surface area contributed by atoms with Crippen LogP contribution in [0.2, 0.25) is 0 Å². The summed E-state index contributed by atoms with van der Waals surface area (Å²) in [5.74, 6) is 1.91. The van der Waals surface area contributed by atoms with Crippen LogP contribution >= 0.6 is 0 Å². The number of aromatic nitrogens is 5. The molecule has 0 bridgehead atoms. The Labute approximate surface area is 199 Å². The molecule has 4 aromatic rings. The van der Waals surface area contributed by atoms with E-state index in [9.17, 15) is 0 Å². The molecule has 0 amide bonds. The summed E-state index contributed by atoms with van der Waals surface area (Å²) in [6.07, 6.45) is 1.87.